The first-order valence-corrected chi connectivity index (χ1v) is 6.88. The Morgan fingerprint density at radius 3 is 3.00 bits per heavy atom. The number of carbonyl (C=O) groups excluding carboxylic acids is 1. The third-order valence-corrected chi connectivity index (χ3v) is 3.13. The number of hydrogen-bond acceptors (Lipinski definition) is 5. The zero-order chi connectivity index (χ0) is 14.7. The minimum Gasteiger partial charge on any atom is -0.454 e. The Kier molecular flexibility index (Phi) is 3.77. The molecule has 1 aliphatic heterocycles. The number of hydrogen-bond donors (Lipinski definition) is 1. The molecule has 0 bridgehead atoms. The van der Waals surface area contributed by atoms with Crippen LogP contribution in [0.3, 0.4) is 0 Å². The molecule has 0 saturated heterocycles. The Balaban J connectivity index is 1.71. The van der Waals surface area contributed by atoms with Crippen LogP contribution in [0, 0.1) is 0 Å². The molecule has 2 heterocycles. The third kappa shape index (κ3) is 2.99. The predicted octanol–water partition coefficient (Wildman–Crippen LogP) is 2.14. The summed E-state index contributed by atoms with van der Waals surface area (Å²) >= 11 is 0. The van der Waals surface area contributed by atoms with Crippen LogP contribution in [0.4, 0.5) is 0 Å². The summed E-state index contributed by atoms with van der Waals surface area (Å²) in [6, 6.07) is 7.30. The Morgan fingerprint density at radius 2 is 2.14 bits per heavy atom. The summed E-state index contributed by atoms with van der Waals surface area (Å²) in [7, 11) is 0. The second-order valence-electron chi connectivity index (χ2n) is 4.78. The first-order valence-electron chi connectivity index (χ1n) is 6.88. The van der Waals surface area contributed by atoms with E-state index in [-0.39, 0.29) is 19.1 Å². The smallest absolute Gasteiger partial charge is 0.231 e. The number of carbonyl (C=O) groups is 1. The van der Waals surface area contributed by atoms with Crippen LogP contribution >= 0.6 is 0 Å². The summed E-state index contributed by atoms with van der Waals surface area (Å²) < 4.78 is 15.9. The van der Waals surface area contributed by atoms with E-state index < -0.39 is 0 Å². The van der Waals surface area contributed by atoms with Crippen molar-refractivity contribution in [1.82, 2.24) is 10.5 Å². The van der Waals surface area contributed by atoms with Crippen LogP contribution in [-0.2, 0) is 11.2 Å². The molecule has 1 aromatic heterocycles. The molecule has 1 amide bonds. The lowest BCUT2D eigenvalue weighted by atomic mass is 10.1. The van der Waals surface area contributed by atoms with Gasteiger partial charge in [0, 0.05) is 18.2 Å². The van der Waals surface area contributed by atoms with Gasteiger partial charge < -0.3 is 19.3 Å². The molecule has 110 valence electrons. The highest BCUT2D eigenvalue weighted by atomic mass is 16.7. The molecule has 1 aliphatic rings. The van der Waals surface area contributed by atoms with E-state index in [0.717, 1.165) is 17.7 Å². The number of ether oxygens (including phenoxy) is 2. The molecule has 0 fully saturated rings. The normalized spacial score (nSPS) is 12.4. The fraction of sp³-hybridized carbons (Fsp3) is 0.333. The topological polar surface area (TPSA) is 73.6 Å². The minimum atomic E-state index is -0.0533. The van der Waals surface area contributed by atoms with Gasteiger partial charge in [0.05, 0.1) is 12.1 Å². The summed E-state index contributed by atoms with van der Waals surface area (Å²) in [5.74, 6) is 1.96. The van der Waals surface area contributed by atoms with E-state index in [1.165, 1.54) is 0 Å². The van der Waals surface area contributed by atoms with Crippen molar-refractivity contribution in [3.8, 4) is 22.8 Å². The summed E-state index contributed by atoms with van der Waals surface area (Å²) in [5.41, 5.74) is 1.45. The predicted molar refractivity (Wildman–Crippen MR) is 75.1 cm³/mol. The third-order valence-electron chi connectivity index (χ3n) is 3.13. The molecule has 1 aromatic carbocycles. The van der Waals surface area contributed by atoms with Crippen molar-refractivity contribution >= 4 is 5.91 Å². The van der Waals surface area contributed by atoms with Gasteiger partial charge in [0.2, 0.25) is 12.7 Å². The first kappa shape index (κ1) is 13.5. The van der Waals surface area contributed by atoms with Gasteiger partial charge in [0.1, 0.15) is 0 Å². The van der Waals surface area contributed by atoms with Gasteiger partial charge in [-0.1, -0.05) is 12.1 Å². The average Bonchev–Trinajstić information content (AvgIpc) is 3.12. The number of fused-ring (bicyclic) bond motifs is 1. The zero-order valence-electron chi connectivity index (χ0n) is 11.7. The maximum atomic E-state index is 11.6. The van der Waals surface area contributed by atoms with E-state index >= 15 is 0 Å². The maximum Gasteiger partial charge on any atom is 0.231 e. The Bertz CT molecular complexity index is 651. The summed E-state index contributed by atoms with van der Waals surface area (Å²) in [6.45, 7) is 2.91. The van der Waals surface area contributed by atoms with Gasteiger partial charge in [-0.15, -0.1) is 0 Å². The molecule has 3 rings (SSSR count). The van der Waals surface area contributed by atoms with Crippen molar-refractivity contribution in [1.29, 1.82) is 0 Å². The van der Waals surface area contributed by atoms with E-state index in [2.05, 4.69) is 10.5 Å². The molecule has 0 saturated carbocycles. The lowest BCUT2D eigenvalue weighted by Crippen LogP contribution is -2.25. The van der Waals surface area contributed by atoms with E-state index in [0.29, 0.717) is 23.7 Å². The zero-order valence-corrected chi connectivity index (χ0v) is 11.7. The standard InChI is InChI=1S/C15H16N2O4/c1-2-5-16-15(18)8-11-7-13(21-17-11)10-3-4-12-14(6-10)20-9-19-12/h3-4,6-7H,2,5,8-9H2,1H3,(H,16,18). The molecular formula is C15H16N2O4. The lowest BCUT2D eigenvalue weighted by molar-refractivity contribution is -0.120. The van der Waals surface area contributed by atoms with Gasteiger partial charge in [0.25, 0.3) is 0 Å². The first-order chi connectivity index (χ1) is 10.3. The van der Waals surface area contributed by atoms with Gasteiger partial charge in [-0.05, 0) is 24.6 Å². The number of benzene rings is 1. The molecule has 1 N–H and O–H groups in total. The number of amides is 1. The molecule has 6 nitrogen and oxygen atoms in total. The van der Waals surface area contributed by atoms with Crippen molar-refractivity contribution in [3.05, 3.63) is 30.0 Å². The van der Waals surface area contributed by atoms with Crippen molar-refractivity contribution in [3.63, 3.8) is 0 Å². The number of rotatable bonds is 5. The molecule has 21 heavy (non-hydrogen) atoms. The van der Waals surface area contributed by atoms with E-state index in [1.807, 2.05) is 25.1 Å². The molecule has 0 radical (unpaired) electrons. The monoisotopic (exact) mass is 288 g/mol. The highest BCUT2D eigenvalue weighted by molar-refractivity contribution is 5.78. The van der Waals surface area contributed by atoms with E-state index in [9.17, 15) is 4.79 Å². The fourth-order valence-corrected chi connectivity index (χ4v) is 2.07. The van der Waals surface area contributed by atoms with Crippen LogP contribution in [0.25, 0.3) is 11.3 Å². The molecule has 0 atom stereocenters. The van der Waals surface area contributed by atoms with Crippen LogP contribution in [0.15, 0.2) is 28.8 Å². The maximum absolute atomic E-state index is 11.6. The number of nitrogens with zero attached hydrogens (tertiary/aromatic N) is 1. The Morgan fingerprint density at radius 1 is 1.29 bits per heavy atom. The Labute approximate surface area is 122 Å². The quantitative estimate of drug-likeness (QED) is 0.912. The highest BCUT2D eigenvalue weighted by Gasteiger charge is 2.16. The molecule has 2 aromatic rings. The van der Waals surface area contributed by atoms with Crippen LogP contribution in [0.1, 0.15) is 19.0 Å². The van der Waals surface area contributed by atoms with Crippen molar-refractivity contribution in [2.45, 2.75) is 19.8 Å². The van der Waals surface area contributed by atoms with Gasteiger partial charge in [-0.25, -0.2) is 0 Å². The molecule has 0 spiro atoms. The fourth-order valence-electron chi connectivity index (χ4n) is 2.07. The van der Waals surface area contributed by atoms with E-state index in [4.69, 9.17) is 14.0 Å². The van der Waals surface area contributed by atoms with Crippen molar-refractivity contribution in [2.24, 2.45) is 0 Å². The van der Waals surface area contributed by atoms with Crippen LogP contribution in [-0.4, -0.2) is 24.4 Å². The number of nitrogens with one attached hydrogen (secondary N) is 1. The highest BCUT2D eigenvalue weighted by Crippen LogP contribution is 2.35. The molecule has 0 unspecified atom stereocenters. The summed E-state index contributed by atoms with van der Waals surface area (Å²) in [6.07, 6.45) is 1.13. The largest absolute Gasteiger partial charge is 0.454 e. The summed E-state index contributed by atoms with van der Waals surface area (Å²) in [4.78, 5) is 11.6. The SMILES string of the molecule is CCCNC(=O)Cc1cc(-c2ccc3c(c2)OCO3)on1. The van der Waals surface area contributed by atoms with Crippen LogP contribution in [0.5, 0.6) is 11.5 Å². The van der Waals surface area contributed by atoms with E-state index in [1.54, 1.807) is 6.07 Å². The lowest BCUT2D eigenvalue weighted by Gasteiger charge is -1.99. The van der Waals surface area contributed by atoms with Crippen LogP contribution < -0.4 is 14.8 Å². The Hall–Kier alpha value is -2.50. The van der Waals surface area contributed by atoms with Gasteiger partial charge in [-0.2, -0.15) is 0 Å². The van der Waals surface area contributed by atoms with Gasteiger partial charge in [-0.3, -0.25) is 4.79 Å². The van der Waals surface area contributed by atoms with Gasteiger partial charge >= 0.3 is 0 Å². The second-order valence-corrected chi connectivity index (χ2v) is 4.78. The van der Waals surface area contributed by atoms with Crippen LogP contribution in [0.2, 0.25) is 0 Å². The second kappa shape index (κ2) is 5.87. The average molecular weight is 288 g/mol. The molecule has 6 heteroatoms. The minimum absolute atomic E-state index is 0.0533. The van der Waals surface area contributed by atoms with Gasteiger partial charge in [0.15, 0.2) is 17.3 Å². The molecule has 0 aliphatic carbocycles. The van der Waals surface area contributed by atoms with Crippen molar-refractivity contribution < 1.29 is 18.8 Å². The number of aromatic nitrogens is 1. The molecular weight excluding hydrogens is 272 g/mol. The summed E-state index contributed by atoms with van der Waals surface area (Å²) in [5, 5.41) is 6.73. The van der Waals surface area contributed by atoms with Crippen molar-refractivity contribution in [2.75, 3.05) is 13.3 Å².